The fourth-order valence-corrected chi connectivity index (χ4v) is 3.99. The van der Waals surface area contributed by atoms with Crippen molar-refractivity contribution < 1.29 is 14.3 Å². The Kier molecular flexibility index (Phi) is 6.07. The predicted octanol–water partition coefficient (Wildman–Crippen LogP) is 3.36. The normalized spacial score (nSPS) is 12.1. The third-order valence-corrected chi connectivity index (χ3v) is 5.70. The molecule has 0 radical (unpaired) electrons. The molecule has 0 unspecified atom stereocenters. The first kappa shape index (κ1) is 22.7. The zero-order valence-electron chi connectivity index (χ0n) is 19.4. The number of benzene rings is 2. The summed E-state index contributed by atoms with van der Waals surface area (Å²) in [5.41, 5.74) is 10.5. The molecule has 2 aromatic heterocycles. The lowest BCUT2D eigenvalue weighted by Gasteiger charge is -2.14. The highest BCUT2D eigenvalue weighted by Crippen LogP contribution is 2.28. The Morgan fingerprint density at radius 1 is 1.14 bits per heavy atom. The zero-order valence-corrected chi connectivity index (χ0v) is 19.4. The number of nitrogens with zero attached hydrogens (tertiary/aromatic N) is 3. The summed E-state index contributed by atoms with van der Waals surface area (Å²) in [6.45, 7) is 0.588. The average molecular weight is 479 g/mol. The van der Waals surface area contributed by atoms with Crippen LogP contribution in [0, 0.1) is 11.8 Å². The van der Waals surface area contributed by atoms with Gasteiger partial charge >= 0.3 is 6.09 Å². The van der Waals surface area contributed by atoms with Crippen molar-refractivity contribution in [1.82, 2.24) is 19.9 Å². The van der Waals surface area contributed by atoms with Crippen LogP contribution in [0.2, 0.25) is 0 Å². The van der Waals surface area contributed by atoms with Crippen LogP contribution in [-0.2, 0) is 13.5 Å². The summed E-state index contributed by atoms with van der Waals surface area (Å²) in [5, 5.41) is 5.56. The lowest BCUT2D eigenvalue weighted by atomic mass is 10.1. The Morgan fingerprint density at radius 3 is 2.78 bits per heavy atom. The van der Waals surface area contributed by atoms with Gasteiger partial charge in [0.2, 0.25) is 5.95 Å². The number of nitrogens with one attached hydrogen (secondary N) is 2. The highest BCUT2D eigenvalue weighted by Gasteiger charge is 2.24. The van der Waals surface area contributed by atoms with Crippen LogP contribution >= 0.6 is 0 Å². The molecule has 0 spiro atoms. The largest absolute Gasteiger partial charge is 0.417 e. The van der Waals surface area contributed by atoms with E-state index in [1.807, 2.05) is 23.7 Å². The number of hydrogen-bond donors (Lipinski definition) is 3. The summed E-state index contributed by atoms with van der Waals surface area (Å²) in [6.07, 6.45) is 1.69. The molecule has 0 saturated heterocycles. The summed E-state index contributed by atoms with van der Waals surface area (Å²) in [6, 6.07) is 17.7. The Bertz CT molecular complexity index is 1530. The summed E-state index contributed by atoms with van der Waals surface area (Å²) in [4.78, 5) is 33.0. The van der Waals surface area contributed by atoms with Gasteiger partial charge in [0, 0.05) is 43.2 Å². The Hall–Kier alpha value is -5.10. The topological polar surface area (TPSA) is 124 Å². The quantitative estimate of drug-likeness (QED) is 0.388. The Morgan fingerprint density at radius 2 is 1.97 bits per heavy atom. The molecule has 0 saturated carbocycles. The molecule has 0 fully saturated rings. The summed E-state index contributed by atoms with van der Waals surface area (Å²) in [5.74, 6) is 6.65. The molecule has 9 nitrogen and oxygen atoms in total. The third-order valence-electron chi connectivity index (χ3n) is 5.70. The minimum atomic E-state index is -0.600. The number of amides is 2. The number of nitrogens with two attached hydrogens (primary N) is 1. The van der Waals surface area contributed by atoms with Gasteiger partial charge in [-0.2, -0.15) is 0 Å². The van der Waals surface area contributed by atoms with Crippen LogP contribution in [-0.4, -0.2) is 33.1 Å². The predicted molar refractivity (Wildman–Crippen MR) is 135 cm³/mol. The van der Waals surface area contributed by atoms with Crippen LogP contribution in [0.5, 0.6) is 5.75 Å². The van der Waals surface area contributed by atoms with Gasteiger partial charge in [-0.1, -0.05) is 36.1 Å². The number of rotatable bonds is 3. The summed E-state index contributed by atoms with van der Waals surface area (Å²) in [7, 11) is 1.89. The number of aromatic nitrogens is 3. The van der Waals surface area contributed by atoms with Gasteiger partial charge in [-0.15, -0.1) is 0 Å². The molecule has 9 heteroatoms. The smallest absolute Gasteiger partial charge is 0.410 e. The van der Waals surface area contributed by atoms with Gasteiger partial charge in [-0.05, 0) is 36.4 Å². The maximum absolute atomic E-state index is 12.3. The highest BCUT2D eigenvalue weighted by atomic mass is 16.6. The van der Waals surface area contributed by atoms with Gasteiger partial charge in [0.15, 0.2) is 0 Å². The van der Waals surface area contributed by atoms with E-state index >= 15 is 0 Å². The van der Waals surface area contributed by atoms with Gasteiger partial charge < -0.3 is 20.4 Å². The summed E-state index contributed by atoms with van der Waals surface area (Å²) >= 11 is 0. The number of carbonyl (C=O) groups is 2. The number of anilines is 2. The molecule has 5 rings (SSSR count). The molecule has 1 aliphatic heterocycles. The molecule has 2 amide bonds. The number of hydrogen-bond acceptors (Lipinski definition) is 6. The number of nitrogen functional groups attached to an aromatic ring is 1. The maximum atomic E-state index is 12.3. The van der Waals surface area contributed by atoms with Crippen LogP contribution in [0.4, 0.5) is 16.4 Å². The fraction of sp³-hybridized carbons (Fsp3) is 0.111. The van der Waals surface area contributed by atoms with Crippen molar-refractivity contribution in [1.29, 1.82) is 0 Å². The van der Waals surface area contributed by atoms with Gasteiger partial charge in [-0.25, -0.2) is 14.8 Å². The van der Waals surface area contributed by atoms with E-state index in [1.54, 1.807) is 54.7 Å². The lowest BCUT2D eigenvalue weighted by Crippen LogP contribution is -2.31. The van der Waals surface area contributed by atoms with Crippen molar-refractivity contribution in [2.24, 2.45) is 7.05 Å². The van der Waals surface area contributed by atoms with Gasteiger partial charge in [-0.3, -0.25) is 10.1 Å². The lowest BCUT2D eigenvalue weighted by molar-refractivity contribution is 0.0945. The number of para-hydroxylation sites is 1. The minimum absolute atomic E-state index is 0.108. The van der Waals surface area contributed by atoms with Crippen LogP contribution in [0.25, 0.3) is 11.4 Å². The van der Waals surface area contributed by atoms with E-state index in [4.69, 9.17) is 10.5 Å². The second-order valence-electron chi connectivity index (χ2n) is 8.10. The van der Waals surface area contributed by atoms with E-state index in [9.17, 15) is 9.59 Å². The molecule has 4 N–H and O–H groups in total. The van der Waals surface area contributed by atoms with E-state index in [0.717, 1.165) is 17.8 Å². The second-order valence-corrected chi connectivity index (χ2v) is 8.10. The van der Waals surface area contributed by atoms with Crippen LogP contribution < -0.4 is 21.1 Å². The average Bonchev–Trinajstić information content (AvgIpc) is 3.21. The summed E-state index contributed by atoms with van der Waals surface area (Å²) < 4.78 is 7.22. The van der Waals surface area contributed by atoms with E-state index in [0.29, 0.717) is 40.4 Å². The molecule has 2 aromatic carbocycles. The first-order chi connectivity index (χ1) is 17.5. The zero-order chi connectivity index (χ0) is 25.1. The molecule has 0 aliphatic carbocycles. The van der Waals surface area contributed by atoms with Crippen LogP contribution in [0.15, 0.2) is 66.9 Å². The molecular formula is C27H22N6O3. The van der Waals surface area contributed by atoms with E-state index < -0.39 is 6.09 Å². The highest BCUT2D eigenvalue weighted by molar-refractivity contribution is 5.98. The van der Waals surface area contributed by atoms with Crippen molar-refractivity contribution in [2.75, 3.05) is 17.6 Å². The molecule has 0 bridgehead atoms. The van der Waals surface area contributed by atoms with Crippen LogP contribution in [0.1, 0.15) is 27.2 Å². The molecule has 36 heavy (non-hydrogen) atoms. The van der Waals surface area contributed by atoms with E-state index in [2.05, 4.69) is 32.4 Å². The number of fused-ring (bicyclic) bond motifs is 1. The van der Waals surface area contributed by atoms with Gasteiger partial charge in [0.25, 0.3) is 5.91 Å². The maximum Gasteiger partial charge on any atom is 0.417 e. The standard InChI is InChI=1S/C27H22N6O3/c1-33-22-12-13-29-25(34)21(22)15-23(33)24-18(16-30-26(28)32-24)11-10-17-6-5-7-19(14-17)31-27(35)36-20-8-3-2-4-9-20/h2-9,14-16H,12-13H2,1H3,(H,29,34)(H,31,35)(H2,28,30,32). The molecular weight excluding hydrogens is 456 g/mol. The number of carbonyl (C=O) groups excluding carboxylic acids is 2. The molecule has 4 aromatic rings. The molecule has 1 aliphatic rings. The fourth-order valence-electron chi connectivity index (χ4n) is 3.99. The van der Waals surface area contributed by atoms with Crippen LogP contribution in [0.3, 0.4) is 0 Å². The number of ether oxygens (including phenoxy) is 1. The van der Waals surface area contributed by atoms with Crippen molar-refractivity contribution >= 4 is 23.6 Å². The third kappa shape index (κ3) is 4.74. The van der Waals surface area contributed by atoms with Gasteiger partial charge in [0.05, 0.1) is 16.8 Å². The second kappa shape index (κ2) is 9.64. The van der Waals surface area contributed by atoms with Gasteiger partial charge in [0.1, 0.15) is 11.4 Å². The van der Waals surface area contributed by atoms with E-state index in [1.165, 1.54) is 0 Å². The SMILES string of the molecule is Cn1c(-c2nc(N)ncc2C#Cc2cccc(NC(=O)Oc3ccccc3)c2)cc2c1CCNC2=O. The Labute approximate surface area is 207 Å². The monoisotopic (exact) mass is 478 g/mol. The Balaban J connectivity index is 1.41. The van der Waals surface area contributed by atoms with Crippen molar-refractivity contribution in [2.45, 2.75) is 6.42 Å². The first-order valence-electron chi connectivity index (χ1n) is 11.2. The van der Waals surface area contributed by atoms with Crippen molar-refractivity contribution in [3.05, 3.63) is 89.2 Å². The van der Waals surface area contributed by atoms with E-state index in [-0.39, 0.29) is 11.9 Å². The molecule has 3 heterocycles. The van der Waals surface area contributed by atoms with Crippen molar-refractivity contribution in [3.8, 4) is 29.0 Å². The first-order valence-corrected chi connectivity index (χ1v) is 11.2. The molecule has 178 valence electrons. The minimum Gasteiger partial charge on any atom is -0.410 e. The van der Waals surface area contributed by atoms with Crippen molar-refractivity contribution in [3.63, 3.8) is 0 Å². The molecule has 0 atom stereocenters.